The van der Waals surface area contributed by atoms with Crippen LogP contribution < -0.4 is 11.3 Å². The second-order valence-electron chi connectivity index (χ2n) is 3.79. The van der Waals surface area contributed by atoms with Crippen molar-refractivity contribution in [3.63, 3.8) is 0 Å². The quantitative estimate of drug-likeness (QED) is 0.577. The molecular formula is C12H15N3. The average molecular weight is 201 g/mol. The number of pyridine rings is 1. The zero-order valence-electron chi connectivity index (χ0n) is 8.99. The summed E-state index contributed by atoms with van der Waals surface area (Å²) in [5, 5.41) is 1.15. The zero-order chi connectivity index (χ0) is 10.8. The molecule has 2 rings (SSSR count). The molecule has 2 aromatic rings. The van der Waals surface area contributed by atoms with E-state index in [0.29, 0.717) is 0 Å². The van der Waals surface area contributed by atoms with Crippen molar-refractivity contribution < 1.29 is 0 Å². The fourth-order valence-corrected chi connectivity index (χ4v) is 1.61. The Morgan fingerprint density at radius 3 is 2.80 bits per heavy atom. The topological polar surface area (TPSA) is 50.9 Å². The summed E-state index contributed by atoms with van der Waals surface area (Å²) in [7, 11) is 0. The van der Waals surface area contributed by atoms with Gasteiger partial charge < -0.3 is 0 Å². The molecule has 0 saturated carbocycles. The minimum atomic E-state index is 0.163. The lowest BCUT2D eigenvalue weighted by Gasteiger charge is -2.10. The van der Waals surface area contributed by atoms with E-state index in [4.69, 9.17) is 5.84 Å². The molecule has 3 nitrogen and oxygen atoms in total. The van der Waals surface area contributed by atoms with E-state index in [9.17, 15) is 0 Å². The maximum Gasteiger partial charge on any atom is 0.0705 e. The van der Waals surface area contributed by atoms with Crippen LogP contribution in [-0.2, 0) is 0 Å². The SMILES string of the molecule is Cc1ccc2cc(C(C)NN)ccc2n1. The van der Waals surface area contributed by atoms with Gasteiger partial charge in [0.2, 0.25) is 0 Å². The van der Waals surface area contributed by atoms with Gasteiger partial charge in [-0.2, -0.15) is 0 Å². The minimum Gasteiger partial charge on any atom is -0.271 e. The minimum absolute atomic E-state index is 0.163. The molecule has 0 aliphatic heterocycles. The number of hydrogen-bond acceptors (Lipinski definition) is 3. The third-order valence-corrected chi connectivity index (χ3v) is 2.60. The number of aromatic nitrogens is 1. The van der Waals surface area contributed by atoms with Crippen LogP contribution >= 0.6 is 0 Å². The molecule has 0 amide bonds. The fraction of sp³-hybridized carbons (Fsp3) is 0.250. The highest BCUT2D eigenvalue weighted by Crippen LogP contribution is 2.18. The van der Waals surface area contributed by atoms with E-state index in [2.05, 4.69) is 28.6 Å². The van der Waals surface area contributed by atoms with Gasteiger partial charge in [-0.25, -0.2) is 0 Å². The Balaban J connectivity index is 2.52. The summed E-state index contributed by atoms with van der Waals surface area (Å²) < 4.78 is 0. The number of benzene rings is 1. The summed E-state index contributed by atoms with van der Waals surface area (Å²) in [5.41, 5.74) is 5.99. The summed E-state index contributed by atoms with van der Waals surface area (Å²) in [6, 6.07) is 10.5. The first-order valence-electron chi connectivity index (χ1n) is 5.04. The fourth-order valence-electron chi connectivity index (χ4n) is 1.61. The molecule has 1 heterocycles. The molecule has 0 saturated heterocycles. The second-order valence-corrected chi connectivity index (χ2v) is 3.79. The van der Waals surface area contributed by atoms with Gasteiger partial charge >= 0.3 is 0 Å². The van der Waals surface area contributed by atoms with E-state index in [1.165, 1.54) is 5.56 Å². The Morgan fingerprint density at radius 2 is 2.07 bits per heavy atom. The largest absolute Gasteiger partial charge is 0.271 e. The van der Waals surface area contributed by atoms with Gasteiger partial charge in [0.15, 0.2) is 0 Å². The van der Waals surface area contributed by atoms with Crippen molar-refractivity contribution in [2.75, 3.05) is 0 Å². The van der Waals surface area contributed by atoms with Gasteiger partial charge in [-0.1, -0.05) is 12.1 Å². The maximum atomic E-state index is 5.41. The first kappa shape index (κ1) is 10.1. The van der Waals surface area contributed by atoms with Crippen molar-refractivity contribution in [3.05, 3.63) is 41.6 Å². The van der Waals surface area contributed by atoms with Gasteiger partial charge in [-0.3, -0.25) is 16.3 Å². The van der Waals surface area contributed by atoms with Crippen LogP contribution in [0.3, 0.4) is 0 Å². The Hall–Kier alpha value is -1.45. The van der Waals surface area contributed by atoms with Crippen LogP contribution in [-0.4, -0.2) is 4.98 Å². The summed E-state index contributed by atoms with van der Waals surface area (Å²) in [6.07, 6.45) is 0. The molecule has 1 aromatic carbocycles. The number of aryl methyl sites for hydroxylation is 1. The summed E-state index contributed by atoms with van der Waals surface area (Å²) in [5.74, 6) is 5.41. The normalized spacial score (nSPS) is 13.0. The van der Waals surface area contributed by atoms with E-state index in [1.807, 2.05) is 26.0 Å². The molecule has 0 aliphatic carbocycles. The lowest BCUT2D eigenvalue weighted by molar-refractivity contribution is 0.603. The highest BCUT2D eigenvalue weighted by atomic mass is 15.2. The lowest BCUT2D eigenvalue weighted by Crippen LogP contribution is -2.25. The number of fused-ring (bicyclic) bond motifs is 1. The number of rotatable bonds is 2. The van der Waals surface area contributed by atoms with Gasteiger partial charge in [-0.05, 0) is 37.6 Å². The molecule has 3 heteroatoms. The first-order valence-corrected chi connectivity index (χ1v) is 5.04. The van der Waals surface area contributed by atoms with Gasteiger partial charge in [-0.15, -0.1) is 0 Å². The molecule has 78 valence electrons. The van der Waals surface area contributed by atoms with Crippen LogP contribution in [0.15, 0.2) is 30.3 Å². The van der Waals surface area contributed by atoms with Crippen LogP contribution in [0.1, 0.15) is 24.2 Å². The Bertz CT molecular complexity index is 479. The third-order valence-electron chi connectivity index (χ3n) is 2.60. The van der Waals surface area contributed by atoms with Crippen LogP contribution in [0.2, 0.25) is 0 Å². The van der Waals surface area contributed by atoms with Gasteiger partial charge in [0.25, 0.3) is 0 Å². The predicted octanol–water partition coefficient (Wildman–Crippen LogP) is 2.07. The van der Waals surface area contributed by atoms with Crippen LogP contribution in [0, 0.1) is 6.92 Å². The van der Waals surface area contributed by atoms with Gasteiger partial charge in [0, 0.05) is 17.1 Å². The molecule has 1 unspecified atom stereocenters. The molecule has 0 fully saturated rings. The first-order chi connectivity index (χ1) is 7.20. The number of hydrogen-bond donors (Lipinski definition) is 2. The van der Waals surface area contributed by atoms with Gasteiger partial charge in [0.1, 0.15) is 0 Å². The molecule has 0 spiro atoms. The third kappa shape index (κ3) is 1.98. The summed E-state index contributed by atoms with van der Waals surface area (Å²) >= 11 is 0. The van der Waals surface area contributed by atoms with Crippen molar-refractivity contribution in [1.29, 1.82) is 0 Å². The highest BCUT2D eigenvalue weighted by molar-refractivity contribution is 5.79. The van der Waals surface area contributed by atoms with E-state index in [-0.39, 0.29) is 6.04 Å². The molecule has 3 N–H and O–H groups in total. The van der Waals surface area contributed by atoms with Crippen molar-refractivity contribution in [3.8, 4) is 0 Å². The van der Waals surface area contributed by atoms with E-state index in [0.717, 1.165) is 16.6 Å². The van der Waals surface area contributed by atoms with Gasteiger partial charge in [0.05, 0.1) is 5.52 Å². The lowest BCUT2D eigenvalue weighted by atomic mass is 10.1. The molecule has 15 heavy (non-hydrogen) atoms. The zero-order valence-corrected chi connectivity index (χ0v) is 8.99. The number of nitrogens with one attached hydrogen (secondary N) is 1. The van der Waals surface area contributed by atoms with Crippen LogP contribution in [0.25, 0.3) is 10.9 Å². The molecule has 1 aromatic heterocycles. The number of nitrogens with two attached hydrogens (primary N) is 1. The smallest absolute Gasteiger partial charge is 0.0705 e. The standard InChI is InChI=1S/C12H15N3/c1-8-3-4-11-7-10(9(2)15-13)5-6-12(11)14-8/h3-7,9,15H,13H2,1-2H3. The maximum absolute atomic E-state index is 5.41. The molecule has 1 atom stereocenters. The Labute approximate surface area is 89.3 Å². The van der Waals surface area contributed by atoms with Crippen LogP contribution in [0.5, 0.6) is 0 Å². The summed E-state index contributed by atoms with van der Waals surface area (Å²) in [6.45, 7) is 4.03. The Kier molecular flexibility index (Phi) is 2.66. The van der Waals surface area contributed by atoms with E-state index in [1.54, 1.807) is 0 Å². The number of nitrogens with zero attached hydrogens (tertiary/aromatic N) is 1. The molecule has 0 aliphatic rings. The summed E-state index contributed by atoms with van der Waals surface area (Å²) in [4.78, 5) is 4.45. The van der Waals surface area contributed by atoms with Crippen molar-refractivity contribution in [2.24, 2.45) is 5.84 Å². The monoisotopic (exact) mass is 201 g/mol. The number of hydrazine groups is 1. The predicted molar refractivity (Wildman–Crippen MR) is 62.2 cm³/mol. The van der Waals surface area contributed by atoms with E-state index < -0.39 is 0 Å². The average Bonchev–Trinajstić information content (AvgIpc) is 2.27. The molecule has 0 bridgehead atoms. The van der Waals surface area contributed by atoms with Crippen LogP contribution in [0.4, 0.5) is 0 Å². The molecule has 0 radical (unpaired) electrons. The van der Waals surface area contributed by atoms with E-state index >= 15 is 0 Å². The van der Waals surface area contributed by atoms with Crippen molar-refractivity contribution >= 4 is 10.9 Å². The Morgan fingerprint density at radius 1 is 1.27 bits per heavy atom. The molecular weight excluding hydrogens is 186 g/mol. The van der Waals surface area contributed by atoms with Crippen molar-refractivity contribution in [1.82, 2.24) is 10.4 Å². The highest BCUT2D eigenvalue weighted by Gasteiger charge is 2.03. The van der Waals surface area contributed by atoms with Crippen molar-refractivity contribution in [2.45, 2.75) is 19.9 Å². The second kappa shape index (κ2) is 3.96.